The summed E-state index contributed by atoms with van der Waals surface area (Å²) in [6.07, 6.45) is 2.53. The monoisotopic (exact) mass is 159 g/mol. The summed E-state index contributed by atoms with van der Waals surface area (Å²) in [4.78, 5) is 10.8. The van der Waals surface area contributed by atoms with E-state index in [9.17, 15) is 4.79 Å². The fraction of sp³-hybridized carbons (Fsp3) is 0.875. The normalized spacial score (nSPS) is 12.6. The zero-order valence-corrected chi connectivity index (χ0v) is 7.30. The lowest BCUT2D eigenvalue weighted by Gasteiger charge is -2.10. The fourth-order valence-corrected chi connectivity index (χ4v) is 1.03. The summed E-state index contributed by atoms with van der Waals surface area (Å²) in [5.74, 6) is 0.140. The lowest BCUT2D eigenvalue weighted by atomic mass is 10.0. The van der Waals surface area contributed by atoms with Crippen LogP contribution in [0, 0.1) is 5.92 Å². The standard InChI is InChI=1S/C8H17NO2/c1-3-4-7(6-9)5-8(10)11-2/h7H,3-6,9H2,1-2H3. The Kier molecular flexibility index (Phi) is 5.84. The molecule has 3 nitrogen and oxygen atoms in total. The van der Waals surface area contributed by atoms with Gasteiger partial charge in [0.25, 0.3) is 0 Å². The van der Waals surface area contributed by atoms with Crippen LogP contribution in [-0.4, -0.2) is 19.6 Å². The highest BCUT2D eigenvalue weighted by Gasteiger charge is 2.10. The van der Waals surface area contributed by atoms with Gasteiger partial charge in [-0.2, -0.15) is 0 Å². The molecule has 0 fully saturated rings. The molecule has 0 spiro atoms. The molecular formula is C8H17NO2. The van der Waals surface area contributed by atoms with Crippen molar-refractivity contribution in [2.45, 2.75) is 26.2 Å². The van der Waals surface area contributed by atoms with E-state index in [4.69, 9.17) is 5.73 Å². The van der Waals surface area contributed by atoms with Crippen LogP contribution in [0.1, 0.15) is 26.2 Å². The Bertz CT molecular complexity index is 115. The van der Waals surface area contributed by atoms with Crippen molar-refractivity contribution < 1.29 is 9.53 Å². The van der Waals surface area contributed by atoms with Crippen LogP contribution in [0.2, 0.25) is 0 Å². The van der Waals surface area contributed by atoms with Gasteiger partial charge in [-0.05, 0) is 18.9 Å². The van der Waals surface area contributed by atoms with E-state index in [0.29, 0.717) is 18.9 Å². The Balaban J connectivity index is 3.58. The Morgan fingerprint density at radius 3 is 2.64 bits per heavy atom. The SMILES string of the molecule is CCCC(CN)CC(=O)OC. The average molecular weight is 159 g/mol. The molecule has 3 heteroatoms. The van der Waals surface area contributed by atoms with Crippen LogP contribution in [0.4, 0.5) is 0 Å². The minimum Gasteiger partial charge on any atom is -0.469 e. The van der Waals surface area contributed by atoms with Crippen molar-refractivity contribution in [3.05, 3.63) is 0 Å². The van der Waals surface area contributed by atoms with E-state index in [1.165, 1.54) is 7.11 Å². The van der Waals surface area contributed by atoms with Gasteiger partial charge in [-0.3, -0.25) is 4.79 Å². The van der Waals surface area contributed by atoms with E-state index in [-0.39, 0.29) is 5.97 Å². The maximum absolute atomic E-state index is 10.8. The molecule has 0 aromatic rings. The smallest absolute Gasteiger partial charge is 0.305 e. The van der Waals surface area contributed by atoms with Gasteiger partial charge in [0, 0.05) is 6.42 Å². The lowest BCUT2D eigenvalue weighted by molar-refractivity contribution is -0.141. The predicted octanol–water partition coefficient (Wildman–Crippen LogP) is 0.924. The van der Waals surface area contributed by atoms with Crippen LogP contribution in [0.3, 0.4) is 0 Å². The zero-order chi connectivity index (χ0) is 8.69. The maximum Gasteiger partial charge on any atom is 0.305 e. The molecule has 2 N–H and O–H groups in total. The van der Waals surface area contributed by atoms with Crippen molar-refractivity contribution in [1.82, 2.24) is 0 Å². The second kappa shape index (κ2) is 6.16. The number of carbonyl (C=O) groups is 1. The molecule has 0 saturated heterocycles. The van der Waals surface area contributed by atoms with Crippen molar-refractivity contribution in [3.63, 3.8) is 0 Å². The number of rotatable bonds is 5. The lowest BCUT2D eigenvalue weighted by Crippen LogP contribution is -2.18. The van der Waals surface area contributed by atoms with Crippen molar-refractivity contribution in [1.29, 1.82) is 0 Å². The van der Waals surface area contributed by atoms with E-state index in [2.05, 4.69) is 11.7 Å². The van der Waals surface area contributed by atoms with Crippen LogP contribution in [0.15, 0.2) is 0 Å². The summed E-state index contributed by atoms with van der Waals surface area (Å²) in [6.45, 7) is 2.66. The third-order valence-electron chi connectivity index (χ3n) is 1.71. The average Bonchev–Trinajstić information content (AvgIpc) is 2.03. The molecule has 0 heterocycles. The van der Waals surface area contributed by atoms with Gasteiger partial charge in [0.05, 0.1) is 7.11 Å². The number of esters is 1. The largest absolute Gasteiger partial charge is 0.469 e. The molecule has 0 saturated carbocycles. The first kappa shape index (κ1) is 10.4. The van der Waals surface area contributed by atoms with Crippen molar-refractivity contribution in [2.24, 2.45) is 11.7 Å². The molecule has 1 unspecified atom stereocenters. The molecule has 0 aromatic heterocycles. The van der Waals surface area contributed by atoms with E-state index in [1.807, 2.05) is 0 Å². The molecule has 0 amide bonds. The molecule has 0 radical (unpaired) electrons. The molecular weight excluding hydrogens is 142 g/mol. The van der Waals surface area contributed by atoms with Gasteiger partial charge >= 0.3 is 5.97 Å². The summed E-state index contributed by atoms with van der Waals surface area (Å²) in [6, 6.07) is 0. The summed E-state index contributed by atoms with van der Waals surface area (Å²) in [5, 5.41) is 0. The van der Waals surface area contributed by atoms with Crippen LogP contribution in [0.5, 0.6) is 0 Å². The quantitative estimate of drug-likeness (QED) is 0.607. The molecule has 0 aliphatic carbocycles. The number of ether oxygens (including phenoxy) is 1. The topological polar surface area (TPSA) is 52.3 Å². The molecule has 0 aromatic carbocycles. The number of hydrogen-bond donors (Lipinski definition) is 1. The number of nitrogens with two attached hydrogens (primary N) is 1. The Morgan fingerprint density at radius 2 is 2.27 bits per heavy atom. The maximum atomic E-state index is 10.8. The molecule has 0 rings (SSSR count). The van der Waals surface area contributed by atoms with Crippen molar-refractivity contribution in [2.75, 3.05) is 13.7 Å². The first-order valence-electron chi connectivity index (χ1n) is 4.01. The van der Waals surface area contributed by atoms with Gasteiger partial charge in [0.1, 0.15) is 0 Å². The third-order valence-corrected chi connectivity index (χ3v) is 1.71. The molecule has 11 heavy (non-hydrogen) atoms. The Labute approximate surface area is 67.9 Å². The van der Waals surface area contributed by atoms with Crippen molar-refractivity contribution in [3.8, 4) is 0 Å². The second-order valence-electron chi connectivity index (χ2n) is 2.67. The third kappa shape index (κ3) is 4.79. The second-order valence-corrected chi connectivity index (χ2v) is 2.67. The van der Waals surface area contributed by atoms with Crippen LogP contribution >= 0.6 is 0 Å². The summed E-state index contributed by atoms with van der Waals surface area (Å²) in [7, 11) is 1.40. The Hall–Kier alpha value is -0.570. The number of hydrogen-bond acceptors (Lipinski definition) is 3. The Morgan fingerprint density at radius 1 is 1.64 bits per heavy atom. The molecule has 66 valence electrons. The van der Waals surface area contributed by atoms with Crippen LogP contribution < -0.4 is 5.73 Å². The van der Waals surface area contributed by atoms with Gasteiger partial charge < -0.3 is 10.5 Å². The minimum absolute atomic E-state index is 0.158. The van der Waals surface area contributed by atoms with Gasteiger partial charge in [0.15, 0.2) is 0 Å². The van der Waals surface area contributed by atoms with E-state index < -0.39 is 0 Å². The van der Waals surface area contributed by atoms with Gasteiger partial charge in [-0.1, -0.05) is 13.3 Å². The molecule has 0 bridgehead atoms. The highest BCUT2D eigenvalue weighted by atomic mass is 16.5. The molecule has 0 aliphatic heterocycles. The van der Waals surface area contributed by atoms with E-state index >= 15 is 0 Å². The first-order chi connectivity index (χ1) is 5.24. The summed E-state index contributed by atoms with van der Waals surface area (Å²) < 4.78 is 4.53. The summed E-state index contributed by atoms with van der Waals surface area (Å²) in [5.41, 5.74) is 5.45. The molecule has 0 aliphatic rings. The highest BCUT2D eigenvalue weighted by Crippen LogP contribution is 2.09. The van der Waals surface area contributed by atoms with Crippen LogP contribution in [0.25, 0.3) is 0 Å². The van der Waals surface area contributed by atoms with E-state index in [1.54, 1.807) is 0 Å². The van der Waals surface area contributed by atoms with Gasteiger partial charge in [0.2, 0.25) is 0 Å². The first-order valence-corrected chi connectivity index (χ1v) is 4.01. The fourth-order valence-electron chi connectivity index (χ4n) is 1.03. The molecule has 1 atom stereocenters. The van der Waals surface area contributed by atoms with E-state index in [0.717, 1.165) is 12.8 Å². The minimum atomic E-state index is -0.158. The number of methoxy groups -OCH3 is 1. The van der Waals surface area contributed by atoms with Crippen LogP contribution in [-0.2, 0) is 9.53 Å². The number of carbonyl (C=O) groups excluding carboxylic acids is 1. The zero-order valence-electron chi connectivity index (χ0n) is 7.30. The van der Waals surface area contributed by atoms with Gasteiger partial charge in [-0.15, -0.1) is 0 Å². The van der Waals surface area contributed by atoms with Crippen molar-refractivity contribution >= 4 is 5.97 Å². The highest BCUT2D eigenvalue weighted by molar-refractivity contribution is 5.69. The predicted molar refractivity (Wildman–Crippen MR) is 44.1 cm³/mol. The summed E-state index contributed by atoms with van der Waals surface area (Å²) >= 11 is 0. The van der Waals surface area contributed by atoms with Gasteiger partial charge in [-0.25, -0.2) is 0 Å².